The number of nitrogen functional groups attached to an aromatic ring is 2. The Morgan fingerprint density at radius 1 is 0.756 bits per heavy atom. The highest BCUT2D eigenvalue weighted by Crippen LogP contribution is 2.29. The van der Waals surface area contributed by atoms with Gasteiger partial charge in [0, 0.05) is 66.3 Å². The van der Waals surface area contributed by atoms with Crippen LogP contribution in [0.5, 0.6) is 0 Å². The highest BCUT2D eigenvalue weighted by atomic mass is 16.2. The van der Waals surface area contributed by atoms with Crippen molar-refractivity contribution in [2.45, 2.75) is 0 Å². The molecule has 0 radical (unpaired) electrons. The lowest BCUT2D eigenvalue weighted by molar-refractivity contribution is 0.0827. The van der Waals surface area contributed by atoms with Gasteiger partial charge >= 0.3 is 0 Å². The molecule has 11 heteroatoms. The van der Waals surface area contributed by atoms with Crippen LogP contribution in [0, 0.1) is 0 Å². The summed E-state index contributed by atoms with van der Waals surface area (Å²) in [5.41, 5.74) is 17.2. The number of aromatic nitrogens is 4. The second-order valence-corrected chi connectivity index (χ2v) is 9.36. The van der Waals surface area contributed by atoms with Gasteiger partial charge in [0.25, 0.3) is 11.8 Å². The molecular formula is C30H27N9O2. The van der Waals surface area contributed by atoms with E-state index in [0.29, 0.717) is 62.3 Å². The summed E-state index contributed by atoms with van der Waals surface area (Å²) in [5.74, 6) is 0.438. The minimum absolute atomic E-state index is 0.140. The summed E-state index contributed by atoms with van der Waals surface area (Å²) in [6.07, 6.45) is 4.59. The number of carbonyl (C=O) groups excluding carboxylic acids is 2. The van der Waals surface area contributed by atoms with Gasteiger partial charge in [-0.2, -0.15) is 0 Å². The van der Waals surface area contributed by atoms with Crippen LogP contribution < -0.4 is 22.1 Å². The maximum Gasteiger partial charge on any atom is 0.255 e. The molecule has 0 aliphatic heterocycles. The molecule has 41 heavy (non-hydrogen) atoms. The first-order valence-electron chi connectivity index (χ1n) is 12.6. The van der Waals surface area contributed by atoms with Crippen molar-refractivity contribution in [1.29, 1.82) is 0 Å². The van der Waals surface area contributed by atoms with Crippen LogP contribution in [-0.4, -0.2) is 50.7 Å². The second kappa shape index (κ2) is 11.5. The number of rotatable bonds is 7. The fourth-order valence-corrected chi connectivity index (χ4v) is 4.05. The lowest BCUT2D eigenvalue weighted by Gasteiger charge is -2.12. The summed E-state index contributed by atoms with van der Waals surface area (Å²) in [7, 11) is 3.37. The van der Waals surface area contributed by atoms with E-state index in [-0.39, 0.29) is 11.8 Å². The molecule has 0 aliphatic carbocycles. The maximum absolute atomic E-state index is 12.6. The Labute approximate surface area is 236 Å². The van der Waals surface area contributed by atoms with Crippen molar-refractivity contribution >= 4 is 40.5 Å². The number of hydrogen-bond donors (Lipinski definition) is 4. The van der Waals surface area contributed by atoms with Gasteiger partial charge in [-0.25, -0.2) is 15.0 Å². The van der Waals surface area contributed by atoms with Crippen LogP contribution in [0.4, 0.5) is 28.7 Å². The number of nitrogens with zero attached hydrogens (tertiary/aromatic N) is 5. The van der Waals surface area contributed by atoms with Gasteiger partial charge in [0.2, 0.25) is 0 Å². The normalized spacial score (nSPS) is 10.6. The van der Waals surface area contributed by atoms with Crippen LogP contribution in [0.1, 0.15) is 20.7 Å². The number of pyridine rings is 2. The van der Waals surface area contributed by atoms with E-state index < -0.39 is 0 Å². The number of nitrogens with two attached hydrogens (primary N) is 2. The highest BCUT2D eigenvalue weighted by molar-refractivity contribution is 6.05. The first-order chi connectivity index (χ1) is 19.8. The quantitative estimate of drug-likeness (QED) is 0.216. The Kier molecular flexibility index (Phi) is 7.50. The Bertz CT molecular complexity index is 1740. The van der Waals surface area contributed by atoms with Crippen LogP contribution in [0.15, 0.2) is 91.5 Å². The minimum Gasteiger partial charge on any atom is -0.399 e. The van der Waals surface area contributed by atoms with Gasteiger partial charge in [0.1, 0.15) is 18.0 Å². The number of anilines is 5. The zero-order chi connectivity index (χ0) is 28.9. The third-order valence-corrected chi connectivity index (χ3v) is 6.12. The molecule has 5 aromatic rings. The third-order valence-electron chi connectivity index (χ3n) is 6.12. The molecule has 0 saturated carbocycles. The van der Waals surface area contributed by atoms with Crippen molar-refractivity contribution in [3.05, 3.63) is 103 Å². The van der Waals surface area contributed by atoms with E-state index in [2.05, 4.69) is 30.6 Å². The number of benzene rings is 2. The van der Waals surface area contributed by atoms with Crippen LogP contribution in [-0.2, 0) is 0 Å². The molecule has 204 valence electrons. The smallest absolute Gasteiger partial charge is 0.255 e. The van der Waals surface area contributed by atoms with E-state index in [1.54, 1.807) is 74.9 Å². The van der Waals surface area contributed by atoms with Crippen LogP contribution in [0.3, 0.4) is 0 Å². The monoisotopic (exact) mass is 545 g/mol. The molecule has 0 bridgehead atoms. The lowest BCUT2D eigenvalue weighted by Crippen LogP contribution is -2.21. The number of carbonyl (C=O) groups is 2. The molecule has 2 aromatic carbocycles. The lowest BCUT2D eigenvalue weighted by atomic mass is 10.1. The largest absolute Gasteiger partial charge is 0.399 e. The summed E-state index contributed by atoms with van der Waals surface area (Å²) in [6.45, 7) is 0. The molecule has 0 aliphatic rings. The molecule has 0 unspecified atom stereocenters. The summed E-state index contributed by atoms with van der Waals surface area (Å²) in [6, 6.07) is 21.1. The molecule has 0 saturated heterocycles. The predicted molar refractivity (Wildman–Crippen MR) is 159 cm³/mol. The Morgan fingerprint density at radius 3 is 2.32 bits per heavy atom. The van der Waals surface area contributed by atoms with E-state index in [1.165, 1.54) is 17.4 Å². The molecule has 0 atom stereocenters. The summed E-state index contributed by atoms with van der Waals surface area (Å²) in [4.78, 5) is 43.8. The van der Waals surface area contributed by atoms with Crippen molar-refractivity contribution in [2.24, 2.45) is 0 Å². The van der Waals surface area contributed by atoms with Gasteiger partial charge in [-0.1, -0.05) is 12.1 Å². The summed E-state index contributed by atoms with van der Waals surface area (Å²) < 4.78 is 0. The first-order valence-corrected chi connectivity index (χ1v) is 12.6. The zero-order valence-electron chi connectivity index (χ0n) is 22.4. The number of hydrogen-bond acceptors (Lipinski definition) is 9. The minimum atomic E-state index is -0.265. The zero-order valence-corrected chi connectivity index (χ0v) is 22.4. The molecule has 0 spiro atoms. The number of nitrogens with one attached hydrogen (secondary N) is 2. The van der Waals surface area contributed by atoms with Crippen molar-refractivity contribution in [3.63, 3.8) is 0 Å². The fraction of sp³-hybridized carbons (Fsp3) is 0.0667. The maximum atomic E-state index is 12.6. The highest BCUT2D eigenvalue weighted by Gasteiger charge is 2.13. The molecular weight excluding hydrogens is 518 g/mol. The predicted octanol–water partition coefficient (Wildman–Crippen LogP) is 4.46. The van der Waals surface area contributed by atoms with Gasteiger partial charge in [0.15, 0.2) is 0 Å². The van der Waals surface area contributed by atoms with Crippen LogP contribution in [0.25, 0.3) is 22.5 Å². The van der Waals surface area contributed by atoms with Crippen molar-refractivity contribution in [3.8, 4) is 22.5 Å². The topological polar surface area (TPSA) is 165 Å². The van der Waals surface area contributed by atoms with E-state index in [0.717, 1.165) is 0 Å². The third kappa shape index (κ3) is 6.25. The Balaban J connectivity index is 1.34. The fourth-order valence-electron chi connectivity index (χ4n) is 4.05. The van der Waals surface area contributed by atoms with Gasteiger partial charge in [-0.3, -0.25) is 14.6 Å². The summed E-state index contributed by atoms with van der Waals surface area (Å²) in [5, 5.41) is 6.12. The van der Waals surface area contributed by atoms with Crippen LogP contribution >= 0.6 is 0 Å². The number of amides is 2. The van der Waals surface area contributed by atoms with Gasteiger partial charge in [0.05, 0.1) is 17.0 Å². The van der Waals surface area contributed by atoms with Gasteiger partial charge in [-0.05, 0) is 54.6 Å². The second-order valence-electron chi connectivity index (χ2n) is 9.36. The molecule has 5 rings (SSSR count). The molecule has 3 aromatic heterocycles. The molecule has 2 amide bonds. The standard InChI is InChI=1S/C30H27N9O2/c1-39(2)30(41)19-9-10-25(33-15-19)24-12-20(16-34-28(24)32)26-14-27(36-17-35-26)37-22-7-4-8-23(13-22)38-29(40)18-5-3-6-21(31)11-18/h3-17H,31H2,1-2H3,(H2,32,34)(H,38,40)(H,35,36,37). The molecule has 3 heterocycles. The first kappa shape index (κ1) is 26.8. The SMILES string of the molecule is CN(C)C(=O)c1ccc(-c2cc(-c3cc(Nc4cccc(NC(=O)c5cccc(N)c5)c4)ncn3)cnc2N)nc1. The molecule has 0 fully saturated rings. The van der Waals surface area contributed by atoms with Crippen LogP contribution in [0.2, 0.25) is 0 Å². The van der Waals surface area contributed by atoms with Gasteiger partial charge < -0.3 is 27.0 Å². The average molecular weight is 546 g/mol. The Morgan fingerprint density at radius 2 is 1.56 bits per heavy atom. The van der Waals surface area contributed by atoms with Crippen molar-refractivity contribution in [2.75, 3.05) is 36.2 Å². The van der Waals surface area contributed by atoms with E-state index in [1.807, 2.05) is 18.2 Å². The van der Waals surface area contributed by atoms with Crippen molar-refractivity contribution < 1.29 is 9.59 Å². The molecule has 11 nitrogen and oxygen atoms in total. The van der Waals surface area contributed by atoms with Gasteiger partial charge in [-0.15, -0.1) is 0 Å². The Hall–Kier alpha value is -5.84. The average Bonchev–Trinajstić information content (AvgIpc) is 2.97. The summed E-state index contributed by atoms with van der Waals surface area (Å²) >= 11 is 0. The molecule has 6 N–H and O–H groups in total. The van der Waals surface area contributed by atoms with E-state index >= 15 is 0 Å². The van der Waals surface area contributed by atoms with E-state index in [9.17, 15) is 9.59 Å². The van der Waals surface area contributed by atoms with E-state index in [4.69, 9.17) is 11.5 Å². The van der Waals surface area contributed by atoms with Crippen molar-refractivity contribution in [1.82, 2.24) is 24.8 Å².